The van der Waals surface area contributed by atoms with Crippen molar-refractivity contribution >= 4 is 14.0 Å². The Morgan fingerprint density at radius 3 is 1.84 bits per heavy atom. The van der Waals surface area contributed by atoms with Gasteiger partial charge in [0.1, 0.15) is 30.2 Å². The summed E-state index contributed by atoms with van der Waals surface area (Å²) >= 11 is 0. The van der Waals surface area contributed by atoms with Gasteiger partial charge >= 0.3 is 0 Å². The maximum absolute atomic E-state index is 11.2. The van der Waals surface area contributed by atoms with Gasteiger partial charge in [0.25, 0.3) is 5.69 Å². The molecule has 4 rings (SSSR count). The summed E-state index contributed by atoms with van der Waals surface area (Å²) in [6.45, 7) is 11.9. The fourth-order valence-electron chi connectivity index (χ4n) is 4.57. The third-order valence-electron chi connectivity index (χ3n) is 8.15. The number of ether oxygens (including phenoxy) is 5. The number of non-ortho nitro benzene ring substituents is 1. The van der Waals surface area contributed by atoms with E-state index in [2.05, 4.69) is 33.9 Å². The number of nitro benzene ring substituents is 1. The number of hydrogen-bond donors (Lipinski definition) is 0. The molecule has 9 nitrogen and oxygen atoms in total. The van der Waals surface area contributed by atoms with Crippen molar-refractivity contribution in [2.75, 3.05) is 13.7 Å². The van der Waals surface area contributed by atoms with Crippen LogP contribution in [0.2, 0.25) is 18.1 Å². The first-order chi connectivity index (χ1) is 20.5. The van der Waals surface area contributed by atoms with Crippen molar-refractivity contribution in [3.05, 3.63) is 106 Å². The summed E-state index contributed by atoms with van der Waals surface area (Å²) in [6, 6.07) is 25.7. The van der Waals surface area contributed by atoms with Crippen molar-refractivity contribution in [1.82, 2.24) is 0 Å². The van der Waals surface area contributed by atoms with Gasteiger partial charge in [-0.3, -0.25) is 10.1 Å². The SMILES string of the molecule is CO[C@H]1[C@@H](OCc2ccccc2)[C@@H](CO[Si](C)(C)C(C)(C)C)O[C@H](Oc2ccc([N+](=O)[O-])cc2)[C@@H]1OCc1ccccc1. The van der Waals surface area contributed by atoms with Crippen LogP contribution in [0.4, 0.5) is 5.69 Å². The summed E-state index contributed by atoms with van der Waals surface area (Å²) in [5, 5.41) is 11.2. The lowest BCUT2D eigenvalue weighted by Crippen LogP contribution is -2.63. The van der Waals surface area contributed by atoms with Crippen molar-refractivity contribution in [1.29, 1.82) is 0 Å². The van der Waals surface area contributed by atoms with Gasteiger partial charge in [-0.2, -0.15) is 0 Å². The van der Waals surface area contributed by atoms with Crippen LogP contribution in [0.1, 0.15) is 31.9 Å². The molecule has 0 unspecified atom stereocenters. The molecule has 0 N–H and O–H groups in total. The Labute approximate surface area is 255 Å². The normalized spacial score (nSPS) is 22.7. The number of nitrogens with zero attached hydrogens (tertiary/aromatic N) is 1. The molecular weight excluding hydrogens is 566 g/mol. The van der Waals surface area contributed by atoms with E-state index >= 15 is 0 Å². The van der Waals surface area contributed by atoms with Gasteiger partial charge in [0.2, 0.25) is 6.29 Å². The monoisotopic (exact) mass is 609 g/mol. The first kappa shape index (κ1) is 32.8. The van der Waals surface area contributed by atoms with Gasteiger partial charge < -0.3 is 28.1 Å². The molecule has 0 aromatic heterocycles. The molecule has 0 radical (unpaired) electrons. The summed E-state index contributed by atoms with van der Waals surface area (Å²) < 4.78 is 38.6. The Kier molecular flexibility index (Phi) is 11.1. The molecule has 1 aliphatic heterocycles. The molecule has 3 aromatic rings. The van der Waals surface area contributed by atoms with Crippen molar-refractivity contribution < 1.29 is 33.0 Å². The maximum Gasteiger partial charge on any atom is 0.269 e. The summed E-state index contributed by atoms with van der Waals surface area (Å²) in [5.41, 5.74) is 1.97. The van der Waals surface area contributed by atoms with E-state index in [4.69, 9.17) is 28.1 Å². The maximum atomic E-state index is 11.2. The zero-order valence-electron chi connectivity index (χ0n) is 25.8. The lowest BCUT2D eigenvalue weighted by molar-refractivity contribution is -0.384. The lowest BCUT2D eigenvalue weighted by atomic mass is 9.98. The number of benzene rings is 3. The first-order valence-electron chi connectivity index (χ1n) is 14.5. The molecule has 10 heteroatoms. The van der Waals surface area contributed by atoms with E-state index in [9.17, 15) is 10.1 Å². The number of nitro groups is 1. The molecule has 1 saturated heterocycles. The highest BCUT2D eigenvalue weighted by Crippen LogP contribution is 2.38. The van der Waals surface area contributed by atoms with E-state index in [1.54, 1.807) is 19.2 Å². The van der Waals surface area contributed by atoms with E-state index in [-0.39, 0.29) is 17.3 Å². The second-order valence-electron chi connectivity index (χ2n) is 12.2. The first-order valence-corrected chi connectivity index (χ1v) is 17.4. The van der Waals surface area contributed by atoms with Gasteiger partial charge in [-0.05, 0) is 41.4 Å². The topological polar surface area (TPSA) is 98.5 Å². The Morgan fingerprint density at radius 1 is 0.814 bits per heavy atom. The predicted molar refractivity (Wildman–Crippen MR) is 166 cm³/mol. The van der Waals surface area contributed by atoms with Crippen molar-refractivity contribution in [2.45, 2.75) is 82.8 Å². The fraction of sp³-hybridized carbons (Fsp3) is 0.455. The molecule has 232 valence electrons. The summed E-state index contributed by atoms with van der Waals surface area (Å²) in [7, 11) is -0.512. The molecule has 3 aromatic carbocycles. The molecule has 0 amide bonds. The van der Waals surface area contributed by atoms with E-state index in [1.165, 1.54) is 12.1 Å². The van der Waals surface area contributed by atoms with Crippen LogP contribution in [0.5, 0.6) is 5.75 Å². The molecule has 0 saturated carbocycles. The molecule has 0 spiro atoms. The van der Waals surface area contributed by atoms with Gasteiger partial charge in [0.05, 0.1) is 24.7 Å². The largest absolute Gasteiger partial charge is 0.462 e. The zero-order chi connectivity index (χ0) is 31.0. The van der Waals surface area contributed by atoms with Crippen LogP contribution in [0.25, 0.3) is 0 Å². The van der Waals surface area contributed by atoms with Crippen LogP contribution in [-0.2, 0) is 36.6 Å². The molecule has 0 aliphatic carbocycles. The molecule has 1 fully saturated rings. The minimum atomic E-state index is -2.14. The highest BCUT2D eigenvalue weighted by molar-refractivity contribution is 6.74. The van der Waals surface area contributed by atoms with Crippen molar-refractivity contribution in [2.24, 2.45) is 0 Å². The average Bonchev–Trinajstić information content (AvgIpc) is 2.99. The Balaban J connectivity index is 1.64. The Hall–Kier alpha value is -3.12. The minimum Gasteiger partial charge on any atom is -0.462 e. The lowest BCUT2D eigenvalue weighted by Gasteiger charge is -2.46. The molecule has 43 heavy (non-hydrogen) atoms. The van der Waals surface area contributed by atoms with Gasteiger partial charge in [-0.25, -0.2) is 0 Å². The van der Waals surface area contributed by atoms with E-state index in [1.807, 2.05) is 60.7 Å². The predicted octanol–water partition coefficient (Wildman–Crippen LogP) is 6.91. The minimum absolute atomic E-state index is 0.00129. The van der Waals surface area contributed by atoms with Crippen molar-refractivity contribution in [3.8, 4) is 5.75 Å². The number of methoxy groups -OCH3 is 1. The van der Waals surface area contributed by atoms with Crippen LogP contribution in [0.3, 0.4) is 0 Å². The average molecular weight is 610 g/mol. The zero-order valence-corrected chi connectivity index (χ0v) is 26.8. The third kappa shape index (κ3) is 8.72. The highest BCUT2D eigenvalue weighted by Gasteiger charge is 2.50. The highest BCUT2D eigenvalue weighted by atomic mass is 28.4. The molecule has 1 aliphatic rings. The molecular formula is C33H43NO8Si. The molecule has 0 bridgehead atoms. The van der Waals surface area contributed by atoms with Crippen LogP contribution < -0.4 is 4.74 Å². The smallest absolute Gasteiger partial charge is 0.269 e. The van der Waals surface area contributed by atoms with Crippen LogP contribution in [0, 0.1) is 10.1 Å². The second kappa shape index (κ2) is 14.6. The van der Waals surface area contributed by atoms with E-state index < -0.39 is 43.9 Å². The van der Waals surface area contributed by atoms with E-state index in [0.717, 1.165) is 11.1 Å². The van der Waals surface area contributed by atoms with E-state index in [0.29, 0.717) is 19.0 Å². The van der Waals surface area contributed by atoms with Gasteiger partial charge in [-0.15, -0.1) is 0 Å². The summed E-state index contributed by atoms with van der Waals surface area (Å²) in [6.07, 6.45) is -3.24. The third-order valence-corrected chi connectivity index (χ3v) is 12.6. The second-order valence-corrected chi connectivity index (χ2v) is 17.0. The fourth-order valence-corrected chi connectivity index (χ4v) is 5.59. The number of rotatable bonds is 13. The Bertz CT molecular complexity index is 1280. The molecule has 5 atom stereocenters. The van der Waals surface area contributed by atoms with Crippen LogP contribution >= 0.6 is 0 Å². The van der Waals surface area contributed by atoms with Gasteiger partial charge in [0, 0.05) is 19.2 Å². The Morgan fingerprint density at radius 2 is 1.35 bits per heavy atom. The number of hydrogen-bond acceptors (Lipinski definition) is 8. The van der Waals surface area contributed by atoms with Gasteiger partial charge in [0.15, 0.2) is 8.32 Å². The summed E-state index contributed by atoms with van der Waals surface area (Å²) in [4.78, 5) is 10.8. The van der Waals surface area contributed by atoms with Crippen molar-refractivity contribution in [3.63, 3.8) is 0 Å². The quantitative estimate of drug-likeness (QED) is 0.117. The summed E-state index contributed by atoms with van der Waals surface area (Å²) in [5.74, 6) is 0.409. The standard InChI is InChI=1S/C33H43NO8Si/c1-33(2,3)43(5,6)40-23-28-29(38-21-24-13-9-7-10-14-24)30(37-4)31(39-22-25-15-11-8-12-16-25)32(42-28)41-27-19-17-26(18-20-27)34(35)36/h7-20,28-32H,21-23H2,1-6H3/t28-,29+,30+,31-,32+/m1/s1. The van der Waals surface area contributed by atoms with Crippen LogP contribution in [-0.4, -0.2) is 57.7 Å². The van der Waals surface area contributed by atoms with Crippen LogP contribution in [0.15, 0.2) is 84.9 Å². The van der Waals surface area contributed by atoms with Gasteiger partial charge in [-0.1, -0.05) is 81.4 Å². The molecule has 1 heterocycles.